The molecule has 0 saturated heterocycles. The van der Waals surface area contributed by atoms with Crippen molar-refractivity contribution < 1.29 is 18.6 Å². The smallest absolute Gasteiger partial charge is 0.243 e. The molecule has 0 aliphatic heterocycles. The van der Waals surface area contributed by atoms with Crippen LogP contribution in [0.1, 0.15) is 43.7 Å². The van der Waals surface area contributed by atoms with E-state index in [4.69, 9.17) is 0 Å². The molecule has 0 spiro atoms. The summed E-state index contributed by atoms with van der Waals surface area (Å²) in [6.45, 7) is 5.49. The van der Waals surface area contributed by atoms with E-state index in [0.29, 0.717) is 11.4 Å². The number of rotatable bonds is 9. The predicted molar refractivity (Wildman–Crippen MR) is 136 cm³/mol. The molecule has 2 aromatic rings. The van der Waals surface area contributed by atoms with E-state index in [9.17, 15) is 18.6 Å². The van der Waals surface area contributed by atoms with Crippen LogP contribution in [-0.2, 0) is 25.2 Å². The van der Waals surface area contributed by atoms with Gasteiger partial charge in [0.15, 0.2) is 0 Å². The first-order valence-corrected chi connectivity index (χ1v) is 13.1. The van der Waals surface area contributed by atoms with Gasteiger partial charge in [-0.3, -0.25) is 23.5 Å². The highest BCUT2D eigenvalue weighted by Crippen LogP contribution is 2.24. The van der Waals surface area contributed by atoms with E-state index in [1.165, 1.54) is 4.90 Å². The van der Waals surface area contributed by atoms with Crippen molar-refractivity contribution in [2.75, 3.05) is 21.7 Å². The van der Waals surface area contributed by atoms with Crippen LogP contribution >= 0.6 is 0 Å². The van der Waals surface area contributed by atoms with Gasteiger partial charge in [0.2, 0.25) is 17.7 Å². The molecular formula is C26H33N3O4S. The van der Waals surface area contributed by atoms with E-state index in [1.54, 1.807) is 31.2 Å². The molecule has 0 heterocycles. The number of hydrogen-bond donors (Lipinski definition) is 2. The van der Waals surface area contributed by atoms with Crippen molar-refractivity contribution in [1.29, 1.82) is 0 Å². The fourth-order valence-corrected chi connectivity index (χ4v) is 5.02. The lowest BCUT2D eigenvalue weighted by Crippen LogP contribution is -2.51. The molecular weight excluding hydrogens is 450 g/mol. The number of nitrogens with zero attached hydrogens (tertiary/aromatic N) is 1. The minimum Gasteiger partial charge on any atom is -0.352 e. The van der Waals surface area contributed by atoms with E-state index < -0.39 is 28.7 Å². The van der Waals surface area contributed by atoms with Gasteiger partial charge in [-0.2, -0.15) is 0 Å². The zero-order valence-electron chi connectivity index (χ0n) is 20.0. The molecule has 8 heteroatoms. The minimum absolute atomic E-state index is 0.128. The molecule has 0 radical (unpaired) electrons. The number of amides is 3. The Hall–Kier alpha value is -3.00. The topological polar surface area (TPSA) is 95.6 Å². The van der Waals surface area contributed by atoms with E-state index in [1.807, 2.05) is 38.1 Å². The number of carbonyl (C=O) groups excluding carboxylic acids is 3. The largest absolute Gasteiger partial charge is 0.352 e. The highest BCUT2D eigenvalue weighted by Gasteiger charge is 2.31. The molecule has 3 amide bonds. The summed E-state index contributed by atoms with van der Waals surface area (Å²) in [5, 5.41) is 5.75. The first-order chi connectivity index (χ1) is 16.2. The fraction of sp³-hybridized carbons (Fsp3) is 0.423. The van der Waals surface area contributed by atoms with Gasteiger partial charge in [-0.25, -0.2) is 0 Å². The standard InChI is InChI=1S/C26H33N3O4S/c1-18-12-14-22(15-13-18)27-24(30)16-34(33)17-25(31)29(23-11-7-4-8-19(23)2)20(3)26(32)28-21-9-5-6-10-21/h4,7-8,11-15,20-21H,5-6,9-10,16-17H2,1-3H3,(H,27,30)(H,28,32)/t20-,34-/m1/s1. The van der Waals surface area contributed by atoms with E-state index in [-0.39, 0.29) is 23.5 Å². The number of carbonyl (C=O) groups is 3. The molecule has 1 aliphatic carbocycles. The first-order valence-electron chi connectivity index (χ1n) is 11.6. The third-order valence-corrected chi connectivity index (χ3v) is 7.18. The zero-order valence-corrected chi connectivity index (χ0v) is 20.8. The maximum Gasteiger partial charge on any atom is 0.243 e. The Kier molecular flexibility index (Phi) is 8.98. The van der Waals surface area contributed by atoms with Gasteiger partial charge in [-0.1, -0.05) is 48.7 Å². The van der Waals surface area contributed by atoms with E-state index >= 15 is 0 Å². The number of para-hydroxylation sites is 1. The van der Waals surface area contributed by atoms with Crippen LogP contribution in [0.25, 0.3) is 0 Å². The average Bonchev–Trinajstić information content (AvgIpc) is 3.29. The lowest BCUT2D eigenvalue weighted by Gasteiger charge is -2.30. The molecule has 0 unspecified atom stereocenters. The number of benzene rings is 2. The second-order valence-corrected chi connectivity index (χ2v) is 10.3. The summed E-state index contributed by atoms with van der Waals surface area (Å²) >= 11 is 0. The Bertz CT molecular complexity index is 1050. The molecule has 3 rings (SSSR count). The number of anilines is 2. The van der Waals surface area contributed by atoms with Crippen LogP contribution < -0.4 is 15.5 Å². The summed E-state index contributed by atoms with van der Waals surface area (Å²) in [6, 6.07) is 13.9. The van der Waals surface area contributed by atoms with Crippen molar-refractivity contribution in [1.82, 2.24) is 5.32 Å². The second kappa shape index (κ2) is 11.9. The van der Waals surface area contributed by atoms with Crippen LogP contribution in [0.5, 0.6) is 0 Å². The molecule has 7 nitrogen and oxygen atoms in total. The van der Waals surface area contributed by atoms with Crippen molar-refractivity contribution in [3.8, 4) is 0 Å². The van der Waals surface area contributed by atoms with Gasteiger partial charge in [-0.15, -0.1) is 0 Å². The summed E-state index contributed by atoms with van der Waals surface area (Å²) in [7, 11) is -1.73. The lowest BCUT2D eigenvalue weighted by molar-refractivity contribution is -0.125. The first kappa shape index (κ1) is 25.6. The Morgan fingerprint density at radius 3 is 2.29 bits per heavy atom. The maximum atomic E-state index is 13.3. The van der Waals surface area contributed by atoms with Crippen LogP contribution in [-0.4, -0.2) is 45.5 Å². The normalized spacial score (nSPS) is 15.4. The van der Waals surface area contributed by atoms with Crippen LogP contribution in [0.3, 0.4) is 0 Å². The number of aryl methyl sites for hydroxylation is 2. The maximum absolute atomic E-state index is 13.3. The Morgan fingerprint density at radius 1 is 1.00 bits per heavy atom. The van der Waals surface area contributed by atoms with Crippen molar-refractivity contribution >= 4 is 39.9 Å². The molecule has 34 heavy (non-hydrogen) atoms. The van der Waals surface area contributed by atoms with Gasteiger partial charge >= 0.3 is 0 Å². The quantitative estimate of drug-likeness (QED) is 0.571. The fourth-order valence-electron chi connectivity index (χ4n) is 4.14. The van der Waals surface area contributed by atoms with Crippen LogP contribution in [0, 0.1) is 13.8 Å². The minimum atomic E-state index is -1.73. The molecule has 0 bridgehead atoms. The summed E-state index contributed by atoms with van der Waals surface area (Å²) in [4.78, 5) is 40.0. The summed E-state index contributed by atoms with van der Waals surface area (Å²) in [6.07, 6.45) is 4.06. The van der Waals surface area contributed by atoms with Gasteiger partial charge in [-0.05, 0) is 57.4 Å². The molecule has 1 fully saturated rings. The van der Waals surface area contributed by atoms with Gasteiger partial charge in [0.1, 0.15) is 17.5 Å². The molecule has 2 N–H and O–H groups in total. The summed E-state index contributed by atoms with van der Waals surface area (Å²) < 4.78 is 12.7. The number of nitrogens with one attached hydrogen (secondary N) is 2. The van der Waals surface area contributed by atoms with Crippen LogP contribution in [0.15, 0.2) is 48.5 Å². The van der Waals surface area contributed by atoms with Crippen molar-refractivity contribution in [3.63, 3.8) is 0 Å². The molecule has 1 aliphatic rings. The molecule has 182 valence electrons. The van der Waals surface area contributed by atoms with Gasteiger partial charge in [0, 0.05) is 28.2 Å². The van der Waals surface area contributed by atoms with Crippen LogP contribution in [0.4, 0.5) is 11.4 Å². The summed E-state index contributed by atoms with van der Waals surface area (Å²) in [5.74, 6) is -1.76. The lowest BCUT2D eigenvalue weighted by atomic mass is 10.1. The highest BCUT2D eigenvalue weighted by atomic mass is 32.2. The van der Waals surface area contributed by atoms with Gasteiger partial charge < -0.3 is 10.6 Å². The molecule has 2 atom stereocenters. The van der Waals surface area contributed by atoms with E-state index in [0.717, 1.165) is 36.8 Å². The third-order valence-electron chi connectivity index (χ3n) is 6.02. The Labute approximate surface area is 203 Å². The molecule has 2 aromatic carbocycles. The molecule has 1 saturated carbocycles. The number of hydrogen-bond acceptors (Lipinski definition) is 4. The van der Waals surface area contributed by atoms with Gasteiger partial charge in [0.25, 0.3) is 0 Å². The monoisotopic (exact) mass is 483 g/mol. The third kappa shape index (κ3) is 7.00. The average molecular weight is 484 g/mol. The molecule has 0 aromatic heterocycles. The zero-order chi connectivity index (χ0) is 24.7. The van der Waals surface area contributed by atoms with Crippen molar-refractivity contribution in [2.45, 2.75) is 58.5 Å². The highest BCUT2D eigenvalue weighted by molar-refractivity contribution is 7.86. The Morgan fingerprint density at radius 2 is 1.65 bits per heavy atom. The SMILES string of the molecule is Cc1ccc(NC(=O)C[S@@](=O)CC(=O)N(c2ccccc2C)[C@H](C)C(=O)NC2CCCC2)cc1. The predicted octanol–water partition coefficient (Wildman–Crippen LogP) is 3.47. The van der Waals surface area contributed by atoms with Crippen molar-refractivity contribution in [2.24, 2.45) is 0 Å². The Balaban J connectivity index is 1.68. The summed E-state index contributed by atoms with van der Waals surface area (Å²) in [5.41, 5.74) is 3.11. The second-order valence-electron chi connectivity index (χ2n) is 8.86. The van der Waals surface area contributed by atoms with E-state index in [2.05, 4.69) is 10.6 Å². The van der Waals surface area contributed by atoms with Gasteiger partial charge in [0.05, 0.1) is 0 Å². The van der Waals surface area contributed by atoms with Crippen LogP contribution in [0.2, 0.25) is 0 Å². The van der Waals surface area contributed by atoms with Crippen molar-refractivity contribution in [3.05, 3.63) is 59.7 Å².